The Bertz CT molecular complexity index is 1210. The molecule has 1 saturated heterocycles. The molecule has 1 aliphatic heterocycles. The lowest BCUT2D eigenvalue weighted by Gasteiger charge is -2.40. The summed E-state index contributed by atoms with van der Waals surface area (Å²) in [6, 6.07) is 0. The van der Waals surface area contributed by atoms with E-state index in [2.05, 4.69) is 38.2 Å². The van der Waals surface area contributed by atoms with Gasteiger partial charge in [0.15, 0.2) is 12.4 Å². The van der Waals surface area contributed by atoms with E-state index >= 15 is 0 Å². The molecule has 12 nitrogen and oxygen atoms in total. The molecule has 13 heteroatoms. The van der Waals surface area contributed by atoms with Gasteiger partial charge in [0.1, 0.15) is 36.8 Å². The molecule has 0 spiro atoms. The van der Waals surface area contributed by atoms with Crippen LogP contribution in [0.4, 0.5) is 0 Å². The summed E-state index contributed by atoms with van der Waals surface area (Å²) < 4.78 is 54.1. The molecular weight excluding hydrogens is 789 g/mol. The minimum atomic E-state index is -4.60. The van der Waals surface area contributed by atoms with Crippen molar-refractivity contribution >= 4 is 22.1 Å². The lowest BCUT2D eigenvalue weighted by atomic mass is 10.00. The third kappa shape index (κ3) is 31.9. The van der Waals surface area contributed by atoms with Crippen LogP contribution in [0.2, 0.25) is 0 Å². The molecule has 2 unspecified atom stereocenters. The average Bonchev–Trinajstić information content (AvgIpc) is 3.21. The summed E-state index contributed by atoms with van der Waals surface area (Å²) in [5.74, 6) is -2.01. The van der Waals surface area contributed by atoms with E-state index in [1.165, 1.54) is 122 Å². The molecule has 0 radical (unpaired) electrons. The van der Waals surface area contributed by atoms with Gasteiger partial charge in [-0.2, -0.15) is 8.42 Å². The van der Waals surface area contributed by atoms with E-state index in [4.69, 9.17) is 18.9 Å². The van der Waals surface area contributed by atoms with Crippen LogP contribution in [-0.2, 0) is 38.7 Å². The maximum absolute atomic E-state index is 12.8. The van der Waals surface area contributed by atoms with Gasteiger partial charge in [0, 0.05) is 12.8 Å². The van der Waals surface area contributed by atoms with Crippen molar-refractivity contribution in [2.45, 2.75) is 243 Å². The second-order valence-electron chi connectivity index (χ2n) is 16.8. The smallest absolute Gasteiger partial charge is 0.306 e. The predicted octanol–water partition coefficient (Wildman–Crippen LogP) is 10.0. The summed E-state index contributed by atoms with van der Waals surface area (Å²) in [5, 5.41) is 30.9. The number of unbranched alkanes of at least 4 members (excludes halogenated alkanes) is 24. The number of aliphatic hydroxyl groups excluding tert-OH is 3. The van der Waals surface area contributed by atoms with Crippen molar-refractivity contribution in [3.8, 4) is 0 Å². The molecule has 352 valence electrons. The highest BCUT2D eigenvalue weighted by Crippen LogP contribution is 2.24. The SMILES string of the molecule is CCCCCCCC/C=C/C/C=C/CCCCC(=O)OC[C@H](CO[C@H]1O[C@H](CS(=O)(=O)O)[C@@H](O)C(O)C1O)OC(=O)CCCCCCCCCCCCCCCCCCC. The summed E-state index contributed by atoms with van der Waals surface area (Å²) in [6.45, 7) is 3.74. The Hall–Kier alpha value is -1.87. The first-order valence-corrected chi connectivity index (χ1v) is 25.5. The topological polar surface area (TPSA) is 186 Å². The number of esters is 2. The van der Waals surface area contributed by atoms with Gasteiger partial charge in [0.25, 0.3) is 10.1 Å². The minimum Gasteiger partial charge on any atom is -0.462 e. The van der Waals surface area contributed by atoms with Crippen LogP contribution in [0.5, 0.6) is 0 Å². The lowest BCUT2D eigenvalue weighted by molar-refractivity contribution is -0.297. The quantitative estimate of drug-likeness (QED) is 0.0198. The van der Waals surface area contributed by atoms with Crippen molar-refractivity contribution in [3.05, 3.63) is 24.3 Å². The number of ether oxygens (including phenoxy) is 4. The van der Waals surface area contributed by atoms with Gasteiger partial charge in [-0.15, -0.1) is 0 Å². The molecule has 0 aliphatic carbocycles. The summed E-state index contributed by atoms with van der Waals surface area (Å²) in [4.78, 5) is 25.4. The third-order valence-electron chi connectivity index (χ3n) is 11.0. The molecule has 1 aliphatic rings. The highest BCUT2D eigenvalue weighted by molar-refractivity contribution is 7.85. The second kappa shape index (κ2) is 37.7. The van der Waals surface area contributed by atoms with Crippen LogP contribution in [0, 0.1) is 0 Å². The van der Waals surface area contributed by atoms with Gasteiger partial charge in [-0.1, -0.05) is 173 Å². The average molecular weight is 875 g/mol. The van der Waals surface area contributed by atoms with Crippen molar-refractivity contribution in [2.24, 2.45) is 0 Å². The van der Waals surface area contributed by atoms with Crippen molar-refractivity contribution in [3.63, 3.8) is 0 Å². The molecule has 1 heterocycles. The monoisotopic (exact) mass is 875 g/mol. The van der Waals surface area contributed by atoms with Crippen LogP contribution in [0.25, 0.3) is 0 Å². The van der Waals surface area contributed by atoms with Crippen molar-refractivity contribution in [1.82, 2.24) is 0 Å². The lowest BCUT2D eigenvalue weighted by Crippen LogP contribution is -2.60. The van der Waals surface area contributed by atoms with Gasteiger partial charge in [0.05, 0.1) is 6.61 Å². The predicted molar refractivity (Wildman–Crippen MR) is 238 cm³/mol. The van der Waals surface area contributed by atoms with Gasteiger partial charge < -0.3 is 34.3 Å². The summed E-state index contributed by atoms with van der Waals surface area (Å²) in [7, 11) is -4.60. The summed E-state index contributed by atoms with van der Waals surface area (Å²) >= 11 is 0. The molecule has 0 bridgehead atoms. The number of carbonyl (C=O) groups is 2. The van der Waals surface area contributed by atoms with Gasteiger partial charge in [-0.25, -0.2) is 0 Å². The van der Waals surface area contributed by atoms with E-state index < -0.39 is 71.2 Å². The van der Waals surface area contributed by atoms with Crippen LogP contribution < -0.4 is 0 Å². The zero-order chi connectivity index (χ0) is 44.1. The first-order chi connectivity index (χ1) is 29.0. The Balaban J connectivity index is 2.43. The Morgan fingerprint density at radius 1 is 0.567 bits per heavy atom. The van der Waals surface area contributed by atoms with Crippen molar-refractivity contribution in [1.29, 1.82) is 0 Å². The molecule has 0 saturated carbocycles. The normalized spacial score (nSPS) is 20.3. The highest BCUT2D eigenvalue weighted by atomic mass is 32.2. The van der Waals surface area contributed by atoms with Crippen molar-refractivity contribution < 1.29 is 56.8 Å². The molecule has 1 fully saturated rings. The largest absolute Gasteiger partial charge is 0.462 e. The number of aliphatic hydroxyl groups is 3. The molecule has 0 amide bonds. The van der Waals surface area contributed by atoms with E-state index in [0.29, 0.717) is 12.8 Å². The van der Waals surface area contributed by atoms with Gasteiger partial charge in [-0.05, 0) is 44.9 Å². The Kier molecular flexibility index (Phi) is 35.2. The molecule has 1 rings (SSSR count). The molecule has 6 atom stereocenters. The van der Waals surface area contributed by atoms with Crippen molar-refractivity contribution in [2.75, 3.05) is 19.0 Å². The van der Waals surface area contributed by atoms with E-state index in [1.54, 1.807) is 0 Å². The highest BCUT2D eigenvalue weighted by Gasteiger charge is 2.46. The van der Waals surface area contributed by atoms with E-state index in [0.717, 1.165) is 44.9 Å². The van der Waals surface area contributed by atoms with Gasteiger partial charge in [-0.3, -0.25) is 14.1 Å². The summed E-state index contributed by atoms with van der Waals surface area (Å²) in [5.41, 5.74) is 0. The van der Waals surface area contributed by atoms with Crippen LogP contribution >= 0.6 is 0 Å². The fraction of sp³-hybridized carbons (Fsp3) is 0.872. The molecule has 0 aromatic carbocycles. The molecule has 60 heavy (non-hydrogen) atoms. The molecule has 0 aromatic rings. The standard InChI is InChI=1S/C47H86O12S/c1-3-5-7-9-11-13-15-17-19-20-22-24-26-28-30-32-34-36-43(49)58-40(38-57-47-46(52)45(51)44(50)41(59-47)39-60(53,54)55)37-56-42(48)35-33-31-29-27-25-23-21-18-16-14-12-10-8-6-4-2/h18,21,25,27,40-41,44-47,50-52H,3-17,19-20,22-24,26,28-39H2,1-2H3,(H,53,54,55)/b21-18+,27-25+/t40-,41-,44-,45?,46?,47+/m1/s1. The zero-order valence-electron chi connectivity index (χ0n) is 37.6. The van der Waals surface area contributed by atoms with Crippen LogP contribution in [0.3, 0.4) is 0 Å². The minimum absolute atomic E-state index is 0.162. The Morgan fingerprint density at radius 3 is 1.50 bits per heavy atom. The number of allylic oxidation sites excluding steroid dienone is 4. The second-order valence-corrected chi connectivity index (χ2v) is 18.3. The van der Waals surface area contributed by atoms with Gasteiger partial charge >= 0.3 is 11.9 Å². The first kappa shape index (κ1) is 56.1. The van der Waals surface area contributed by atoms with E-state index in [-0.39, 0.29) is 19.4 Å². The number of hydrogen-bond acceptors (Lipinski definition) is 11. The Morgan fingerprint density at radius 2 is 1.00 bits per heavy atom. The molecular formula is C47H86O12S. The van der Waals surface area contributed by atoms with Gasteiger partial charge in [0.2, 0.25) is 0 Å². The maximum atomic E-state index is 12.8. The van der Waals surface area contributed by atoms with Crippen LogP contribution in [0.15, 0.2) is 24.3 Å². The summed E-state index contributed by atoms with van der Waals surface area (Å²) in [6.07, 6.45) is 32.2. The van der Waals surface area contributed by atoms with Crippen LogP contribution in [0.1, 0.15) is 206 Å². The number of hydrogen-bond donors (Lipinski definition) is 4. The fourth-order valence-corrected chi connectivity index (χ4v) is 7.99. The Labute approximate surface area is 364 Å². The van der Waals surface area contributed by atoms with E-state index in [1.807, 2.05) is 0 Å². The molecule has 0 aromatic heterocycles. The van der Waals surface area contributed by atoms with Crippen LogP contribution in [-0.4, -0.2) is 96.0 Å². The zero-order valence-corrected chi connectivity index (χ0v) is 38.4. The first-order valence-electron chi connectivity index (χ1n) is 23.9. The molecule has 4 N–H and O–H groups in total. The maximum Gasteiger partial charge on any atom is 0.306 e. The number of rotatable bonds is 40. The van der Waals surface area contributed by atoms with E-state index in [9.17, 15) is 37.9 Å². The number of carbonyl (C=O) groups excluding carboxylic acids is 2. The third-order valence-corrected chi connectivity index (χ3v) is 11.8. The fourth-order valence-electron chi connectivity index (χ4n) is 7.30.